The van der Waals surface area contributed by atoms with Crippen LogP contribution in [-0.2, 0) is 6.61 Å². The van der Waals surface area contributed by atoms with Crippen LogP contribution in [0.4, 0.5) is 0 Å². The molecule has 0 saturated carbocycles. The van der Waals surface area contributed by atoms with Gasteiger partial charge in [-0.3, -0.25) is 0 Å². The summed E-state index contributed by atoms with van der Waals surface area (Å²) in [7, 11) is 0. The summed E-state index contributed by atoms with van der Waals surface area (Å²) in [6.45, 7) is 0.0894. The van der Waals surface area contributed by atoms with E-state index in [-0.39, 0.29) is 6.61 Å². The van der Waals surface area contributed by atoms with E-state index in [0.717, 1.165) is 0 Å². The molecule has 0 saturated heterocycles. The first-order chi connectivity index (χ1) is 11.1. The van der Waals surface area contributed by atoms with E-state index in [0.29, 0.717) is 32.2 Å². The molecule has 0 atom stereocenters. The monoisotopic (exact) mass is 368 g/mol. The molecule has 0 aliphatic heterocycles. The first kappa shape index (κ1) is 15.8. The average Bonchev–Trinajstić information content (AvgIpc) is 3.15. The lowest BCUT2D eigenvalue weighted by atomic mass is 10.3. The van der Waals surface area contributed by atoms with Gasteiger partial charge in [0.15, 0.2) is 11.6 Å². The molecule has 23 heavy (non-hydrogen) atoms. The predicted octanol–water partition coefficient (Wildman–Crippen LogP) is 4.30. The molecule has 1 aromatic carbocycles. The molecule has 0 amide bonds. The minimum absolute atomic E-state index is 0.0894. The summed E-state index contributed by atoms with van der Waals surface area (Å²) in [6.07, 6.45) is 3.08. The minimum atomic E-state index is 0.0894. The molecule has 0 aliphatic carbocycles. The number of H-pyrrole nitrogens is 1. The normalized spacial score (nSPS) is 11.2. The van der Waals surface area contributed by atoms with Gasteiger partial charge < -0.3 is 9.15 Å². The number of rotatable bonds is 5. The van der Waals surface area contributed by atoms with Crippen LogP contribution in [0, 0.1) is 4.77 Å². The van der Waals surface area contributed by atoms with Gasteiger partial charge in [-0.2, -0.15) is 14.9 Å². The highest BCUT2D eigenvalue weighted by Crippen LogP contribution is 2.32. The first-order valence-corrected chi connectivity index (χ1v) is 7.62. The molecule has 0 radical (unpaired) electrons. The maximum absolute atomic E-state index is 6.06. The quantitative estimate of drug-likeness (QED) is 0.538. The zero-order chi connectivity index (χ0) is 16.2. The van der Waals surface area contributed by atoms with Gasteiger partial charge in [-0.25, -0.2) is 5.10 Å². The average molecular weight is 369 g/mol. The van der Waals surface area contributed by atoms with E-state index in [1.807, 2.05) is 0 Å². The van der Waals surface area contributed by atoms with Gasteiger partial charge in [-0.1, -0.05) is 29.3 Å². The van der Waals surface area contributed by atoms with Gasteiger partial charge in [-0.15, -0.1) is 0 Å². The van der Waals surface area contributed by atoms with Crippen LogP contribution in [0.15, 0.2) is 46.1 Å². The molecule has 0 aliphatic rings. The van der Waals surface area contributed by atoms with E-state index in [2.05, 4.69) is 15.3 Å². The topological polar surface area (TPSA) is 68.3 Å². The number of aromatic amines is 1. The summed E-state index contributed by atoms with van der Waals surface area (Å²) >= 11 is 17.3. The van der Waals surface area contributed by atoms with Gasteiger partial charge in [0.2, 0.25) is 4.77 Å². The second-order valence-corrected chi connectivity index (χ2v) is 5.56. The van der Waals surface area contributed by atoms with Gasteiger partial charge in [-0.05, 0) is 36.5 Å². The third-order valence-electron chi connectivity index (χ3n) is 2.83. The van der Waals surface area contributed by atoms with Crippen molar-refractivity contribution in [2.45, 2.75) is 6.61 Å². The van der Waals surface area contributed by atoms with E-state index in [1.54, 1.807) is 36.6 Å². The molecule has 0 unspecified atom stereocenters. The SMILES string of the molecule is S=c1[nH]nc(COc2c(Cl)cccc2Cl)n1/N=C\c1ccco1. The summed E-state index contributed by atoms with van der Waals surface area (Å²) < 4.78 is 12.6. The Balaban J connectivity index is 1.80. The Kier molecular flexibility index (Phi) is 4.80. The lowest BCUT2D eigenvalue weighted by Gasteiger charge is -2.08. The zero-order valence-corrected chi connectivity index (χ0v) is 13.9. The minimum Gasteiger partial charge on any atom is -0.482 e. The number of hydrogen-bond acceptors (Lipinski definition) is 5. The Morgan fingerprint density at radius 3 is 2.78 bits per heavy atom. The molecule has 9 heteroatoms. The Labute approximate surface area is 146 Å². The van der Waals surface area contributed by atoms with E-state index in [9.17, 15) is 0 Å². The van der Waals surface area contributed by atoms with Crippen molar-refractivity contribution in [3.05, 3.63) is 63.0 Å². The van der Waals surface area contributed by atoms with Crippen molar-refractivity contribution in [3.8, 4) is 5.75 Å². The van der Waals surface area contributed by atoms with Crippen LogP contribution in [0.25, 0.3) is 0 Å². The molecule has 118 valence electrons. The van der Waals surface area contributed by atoms with Crippen LogP contribution in [0.1, 0.15) is 11.6 Å². The van der Waals surface area contributed by atoms with Crippen molar-refractivity contribution in [3.63, 3.8) is 0 Å². The molecule has 6 nitrogen and oxygen atoms in total. The maximum atomic E-state index is 6.06. The highest BCUT2D eigenvalue weighted by Gasteiger charge is 2.10. The van der Waals surface area contributed by atoms with E-state index >= 15 is 0 Å². The largest absolute Gasteiger partial charge is 0.482 e. The molecule has 3 aromatic rings. The van der Waals surface area contributed by atoms with E-state index < -0.39 is 0 Å². The number of benzene rings is 1. The summed E-state index contributed by atoms with van der Waals surface area (Å²) in [5.41, 5.74) is 0. The molecule has 2 aromatic heterocycles. The first-order valence-electron chi connectivity index (χ1n) is 6.46. The number of furan rings is 1. The number of ether oxygens (including phenoxy) is 1. The van der Waals surface area contributed by atoms with Crippen LogP contribution < -0.4 is 4.74 Å². The molecule has 0 fully saturated rings. The molecule has 1 N–H and O–H groups in total. The van der Waals surface area contributed by atoms with Crippen LogP contribution in [-0.4, -0.2) is 21.1 Å². The fourth-order valence-corrected chi connectivity index (χ4v) is 2.48. The lowest BCUT2D eigenvalue weighted by Crippen LogP contribution is -2.04. The fourth-order valence-electron chi connectivity index (χ4n) is 1.77. The molecular formula is C14H10Cl2N4O2S. The Morgan fingerprint density at radius 2 is 2.09 bits per heavy atom. The number of aromatic nitrogens is 3. The van der Waals surface area contributed by atoms with Crippen LogP contribution in [0.2, 0.25) is 10.0 Å². The molecular weight excluding hydrogens is 359 g/mol. The van der Waals surface area contributed by atoms with Gasteiger partial charge >= 0.3 is 0 Å². The summed E-state index contributed by atoms with van der Waals surface area (Å²) in [4.78, 5) is 0. The third kappa shape index (κ3) is 3.64. The van der Waals surface area contributed by atoms with E-state index in [4.69, 9.17) is 44.6 Å². The highest BCUT2D eigenvalue weighted by molar-refractivity contribution is 7.71. The van der Waals surface area contributed by atoms with Crippen LogP contribution >= 0.6 is 35.4 Å². The van der Waals surface area contributed by atoms with Gasteiger partial charge in [0.25, 0.3) is 0 Å². The Bertz CT molecular complexity index is 866. The van der Waals surface area contributed by atoms with Crippen molar-refractivity contribution in [1.29, 1.82) is 0 Å². The smallest absolute Gasteiger partial charge is 0.216 e. The summed E-state index contributed by atoms with van der Waals surface area (Å²) in [5.74, 6) is 1.44. The zero-order valence-electron chi connectivity index (χ0n) is 11.6. The number of halogens is 2. The maximum Gasteiger partial charge on any atom is 0.216 e. The Hall–Kier alpha value is -2.09. The van der Waals surface area contributed by atoms with Gasteiger partial charge in [0.05, 0.1) is 22.5 Å². The lowest BCUT2D eigenvalue weighted by molar-refractivity contribution is 0.291. The van der Waals surface area contributed by atoms with E-state index in [1.165, 1.54) is 10.9 Å². The molecule has 0 spiro atoms. The number of hydrogen-bond donors (Lipinski definition) is 1. The molecule has 0 bridgehead atoms. The van der Waals surface area contributed by atoms with Crippen LogP contribution in [0.5, 0.6) is 5.75 Å². The van der Waals surface area contributed by atoms with Crippen molar-refractivity contribution in [2.24, 2.45) is 5.10 Å². The molecule has 3 rings (SSSR count). The van der Waals surface area contributed by atoms with Crippen molar-refractivity contribution < 1.29 is 9.15 Å². The second kappa shape index (κ2) is 6.99. The highest BCUT2D eigenvalue weighted by atomic mass is 35.5. The summed E-state index contributed by atoms with van der Waals surface area (Å²) in [5, 5.41) is 11.8. The predicted molar refractivity (Wildman–Crippen MR) is 89.9 cm³/mol. The van der Waals surface area contributed by atoms with Crippen molar-refractivity contribution in [2.75, 3.05) is 0 Å². The van der Waals surface area contributed by atoms with Crippen LogP contribution in [0.3, 0.4) is 0 Å². The Morgan fingerprint density at radius 1 is 1.30 bits per heavy atom. The standard InChI is InChI=1S/C14H10Cl2N4O2S/c15-10-4-1-5-11(16)13(10)22-8-12-18-19-14(23)20(12)17-7-9-3-2-6-21-9/h1-7H,8H2,(H,19,23)/b17-7-. The van der Waals surface area contributed by atoms with Crippen molar-refractivity contribution >= 4 is 41.6 Å². The third-order valence-corrected chi connectivity index (χ3v) is 3.69. The summed E-state index contributed by atoms with van der Waals surface area (Å²) in [6, 6.07) is 8.65. The number of nitrogens with zero attached hydrogens (tertiary/aromatic N) is 3. The number of nitrogens with one attached hydrogen (secondary N) is 1. The second-order valence-electron chi connectivity index (χ2n) is 4.36. The fraction of sp³-hybridized carbons (Fsp3) is 0.0714. The van der Waals surface area contributed by atoms with Gasteiger partial charge in [0, 0.05) is 0 Å². The van der Waals surface area contributed by atoms with Crippen molar-refractivity contribution in [1.82, 2.24) is 14.9 Å². The molecule has 2 heterocycles. The van der Waals surface area contributed by atoms with Gasteiger partial charge in [0.1, 0.15) is 12.4 Å². The number of para-hydroxylation sites is 1.